The van der Waals surface area contributed by atoms with Gasteiger partial charge in [-0.3, -0.25) is 4.79 Å². The third kappa shape index (κ3) is 2.94. The molecule has 1 saturated carbocycles. The molecule has 1 fully saturated rings. The first kappa shape index (κ1) is 12.7. The van der Waals surface area contributed by atoms with E-state index in [0.717, 1.165) is 0 Å². The van der Waals surface area contributed by atoms with Crippen molar-refractivity contribution in [1.29, 1.82) is 0 Å². The van der Waals surface area contributed by atoms with Gasteiger partial charge in [0.25, 0.3) is 5.91 Å². The first-order valence-corrected chi connectivity index (χ1v) is 6.45. The lowest BCUT2D eigenvalue weighted by molar-refractivity contribution is 0.0962. The van der Waals surface area contributed by atoms with Crippen LogP contribution in [0.5, 0.6) is 5.75 Å². The van der Waals surface area contributed by atoms with Crippen LogP contribution in [0.3, 0.4) is 0 Å². The third-order valence-corrected chi connectivity index (χ3v) is 3.45. The highest BCUT2D eigenvalue weighted by Crippen LogP contribution is 2.28. The van der Waals surface area contributed by atoms with Crippen molar-refractivity contribution in [3.63, 3.8) is 0 Å². The number of amides is 1. The smallest absolute Gasteiger partial charge is 0.251 e. The number of ether oxygens (including phenoxy) is 1. The third-order valence-electron chi connectivity index (χ3n) is 3.45. The summed E-state index contributed by atoms with van der Waals surface area (Å²) in [5, 5.41) is 2.59. The molecule has 1 aromatic rings. The Morgan fingerprint density at radius 3 is 2.83 bits per heavy atom. The molecular formula is C14H20N2O2. The number of anilines is 1. The Morgan fingerprint density at radius 2 is 2.17 bits per heavy atom. The van der Waals surface area contributed by atoms with E-state index in [9.17, 15) is 4.79 Å². The van der Waals surface area contributed by atoms with Crippen LogP contribution < -0.4 is 15.8 Å². The van der Waals surface area contributed by atoms with Gasteiger partial charge in [-0.2, -0.15) is 0 Å². The number of rotatable bonds is 4. The maximum absolute atomic E-state index is 11.5. The summed E-state index contributed by atoms with van der Waals surface area (Å²) in [6, 6.07) is 5.13. The maximum atomic E-state index is 11.5. The normalized spacial score (nSPS) is 15.6. The van der Waals surface area contributed by atoms with Gasteiger partial charge in [-0.15, -0.1) is 0 Å². The van der Waals surface area contributed by atoms with Crippen molar-refractivity contribution < 1.29 is 9.53 Å². The number of hydrogen-bond donors (Lipinski definition) is 2. The summed E-state index contributed by atoms with van der Waals surface area (Å²) in [4.78, 5) is 11.5. The number of nitrogens with two attached hydrogens (primary N) is 1. The molecule has 1 aliphatic carbocycles. The Labute approximate surface area is 108 Å². The second-order valence-electron chi connectivity index (χ2n) is 4.79. The zero-order valence-electron chi connectivity index (χ0n) is 10.7. The Morgan fingerprint density at radius 1 is 1.44 bits per heavy atom. The van der Waals surface area contributed by atoms with Crippen LogP contribution in [0.1, 0.15) is 36.0 Å². The lowest BCUT2D eigenvalue weighted by Crippen LogP contribution is -2.18. The number of nitrogen functional groups attached to an aromatic ring is 1. The van der Waals surface area contributed by atoms with E-state index >= 15 is 0 Å². The molecule has 3 N–H and O–H groups in total. The number of carbonyl (C=O) groups excluding carboxylic acids is 1. The molecule has 0 saturated heterocycles. The number of hydrogen-bond acceptors (Lipinski definition) is 3. The Hall–Kier alpha value is -1.71. The molecule has 18 heavy (non-hydrogen) atoms. The van der Waals surface area contributed by atoms with Gasteiger partial charge < -0.3 is 15.8 Å². The predicted molar refractivity (Wildman–Crippen MR) is 71.7 cm³/mol. The standard InChI is InChI=1S/C14H20N2O2/c1-16-14(17)11-6-7-12(15)13(8-11)18-9-10-4-2-3-5-10/h6-8,10H,2-5,9,15H2,1H3,(H,16,17). The molecule has 4 nitrogen and oxygen atoms in total. The van der Waals surface area contributed by atoms with E-state index in [2.05, 4.69) is 5.32 Å². The van der Waals surface area contributed by atoms with Gasteiger partial charge in [0.1, 0.15) is 5.75 Å². The monoisotopic (exact) mass is 248 g/mol. The summed E-state index contributed by atoms with van der Waals surface area (Å²) in [5.74, 6) is 1.12. The van der Waals surface area contributed by atoms with E-state index in [0.29, 0.717) is 29.5 Å². The highest BCUT2D eigenvalue weighted by atomic mass is 16.5. The van der Waals surface area contributed by atoms with Crippen LogP contribution in [0.4, 0.5) is 5.69 Å². The van der Waals surface area contributed by atoms with Gasteiger partial charge in [0.05, 0.1) is 12.3 Å². The lowest BCUT2D eigenvalue weighted by Gasteiger charge is -2.13. The summed E-state index contributed by atoms with van der Waals surface area (Å²) >= 11 is 0. The zero-order chi connectivity index (χ0) is 13.0. The van der Waals surface area contributed by atoms with Crippen LogP contribution in [0.2, 0.25) is 0 Å². The summed E-state index contributed by atoms with van der Waals surface area (Å²) in [7, 11) is 1.61. The molecule has 1 aromatic carbocycles. The van der Waals surface area contributed by atoms with E-state index in [1.165, 1.54) is 25.7 Å². The highest BCUT2D eigenvalue weighted by molar-refractivity contribution is 5.95. The Kier molecular flexibility index (Phi) is 4.07. The van der Waals surface area contributed by atoms with Gasteiger partial charge in [-0.05, 0) is 37.0 Å². The number of carbonyl (C=O) groups is 1. The molecule has 1 amide bonds. The van der Waals surface area contributed by atoms with E-state index in [-0.39, 0.29) is 5.91 Å². The van der Waals surface area contributed by atoms with E-state index in [1.54, 1.807) is 25.2 Å². The second kappa shape index (κ2) is 5.76. The predicted octanol–water partition coefficient (Wildman–Crippen LogP) is 2.20. The fourth-order valence-corrected chi connectivity index (χ4v) is 2.33. The van der Waals surface area contributed by atoms with Crippen molar-refractivity contribution in [3.8, 4) is 5.75 Å². The van der Waals surface area contributed by atoms with Crippen LogP contribution in [0.25, 0.3) is 0 Å². The minimum Gasteiger partial charge on any atom is -0.491 e. The zero-order valence-corrected chi connectivity index (χ0v) is 10.7. The van der Waals surface area contributed by atoms with Crippen molar-refractivity contribution in [2.45, 2.75) is 25.7 Å². The number of nitrogens with one attached hydrogen (secondary N) is 1. The molecule has 0 spiro atoms. The molecule has 0 aliphatic heterocycles. The molecule has 0 unspecified atom stereocenters. The van der Waals surface area contributed by atoms with Gasteiger partial charge in [0.15, 0.2) is 0 Å². The minimum atomic E-state index is -0.124. The van der Waals surface area contributed by atoms with Crippen molar-refractivity contribution in [2.75, 3.05) is 19.4 Å². The highest BCUT2D eigenvalue weighted by Gasteiger charge is 2.16. The van der Waals surface area contributed by atoms with Crippen LogP contribution >= 0.6 is 0 Å². The van der Waals surface area contributed by atoms with E-state index < -0.39 is 0 Å². The van der Waals surface area contributed by atoms with Crippen LogP contribution in [-0.4, -0.2) is 19.6 Å². The van der Waals surface area contributed by atoms with Crippen LogP contribution in [0, 0.1) is 5.92 Å². The Bertz CT molecular complexity index is 426. The average molecular weight is 248 g/mol. The SMILES string of the molecule is CNC(=O)c1ccc(N)c(OCC2CCCC2)c1. The topological polar surface area (TPSA) is 64.4 Å². The summed E-state index contributed by atoms with van der Waals surface area (Å²) < 4.78 is 5.75. The van der Waals surface area contributed by atoms with Crippen LogP contribution in [0.15, 0.2) is 18.2 Å². The largest absolute Gasteiger partial charge is 0.491 e. The quantitative estimate of drug-likeness (QED) is 0.803. The average Bonchev–Trinajstić information content (AvgIpc) is 2.90. The first-order valence-electron chi connectivity index (χ1n) is 6.45. The number of benzene rings is 1. The molecule has 1 aliphatic rings. The maximum Gasteiger partial charge on any atom is 0.251 e. The molecule has 0 aromatic heterocycles. The molecule has 0 bridgehead atoms. The fourth-order valence-electron chi connectivity index (χ4n) is 2.33. The van der Waals surface area contributed by atoms with Crippen molar-refractivity contribution in [1.82, 2.24) is 5.32 Å². The lowest BCUT2D eigenvalue weighted by atomic mass is 10.1. The van der Waals surface area contributed by atoms with E-state index in [4.69, 9.17) is 10.5 Å². The summed E-state index contributed by atoms with van der Waals surface area (Å²) in [5.41, 5.74) is 7.02. The molecule has 0 atom stereocenters. The van der Waals surface area contributed by atoms with E-state index in [1.807, 2.05) is 0 Å². The molecule has 98 valence electrons. The molecule has 2 rings (SSSR count). The van der Waals surface area contributed by atoms with Gasteiger partial charge >= 0.3 is 0 Å². The summed E-state index contributed by atoms with van der Waals surface area (Å²) in [6.45, 7) is 0.696. The molecule has 0 heterocycles. The van der Waals surface area contributed by atoms with Gasteiger partial charge in [-0.1, -0.05) is 12.8 Å². The molecule has 0 radical (unpaired) electrons. The van der Waals surface area contributed by atoms with Crippen molar-refractivity contribution in [3.05, 3.63) is 23.8 Å². The van der Waals surface area contributed by atoms with Crippen molar-refractivity contribution in [2.24, 2.45) is 5.92 Å². The summed E-state index contributed by atoms with van der Waals surface area (Å²) in [6.07, 6.45) is 5.05. The molecule has 4 heteroatoms. The van der Waals surface area contributed by atoms with Crippen LogP contribution in [-0.2, 0) is 0 Å². The van der Waals surface area contributed by atoms with Crippen molar-refractivity contribution >= 4 is 11.6 Å². The van der Waals surface area contributed by atoms with Gasteiger partial charge in [0, 0.05) is 12.6 Å². The van der Waals surface area contributed by atoms with Gasteiger partial charge in [-0.25, -0.2) is 0 Å². The second-order valence-corrected chi connectivity index (χ2v) is 4.79. The van der Waals surface area contributed by atoms with Gasteiger partial charge in [0.2, 0.25) is 0 Å². The Balaban J connectivity index is 2.03. The first-order chi connectivity index (χ1) is 8.70. The fraction of sp³-hybridized carbons (Fsp3) is 0.500. The minimum absolute atomic E-state index is 0.124. The molecular weight excluding hydrogens is 228 g/mol.